The van der Waals surface area contributed by atoms with Crippen LogP contribution in [-0.2, 0) is 64.1 Å². The van der Waals surface area contributed by atoms with E-state index in [9.17, 15) is 77.1 Å². The fourth-order valence-corrected chi connectivity index (χ4v) is 15.9. The van der Waals surface area contributed by atoms with Gasteiger partial charge in [-0.2, -0.15) is 38.7 Å². The van der Waals surface area contributed by atoms with Crippen LogP contribution in [0.2, 0.25) is 0 Å². The largest absolute Gasteiger partial charge is 0.433 e. The molecule has 3 rings (SSSR count). The van der Waals surface area contributed by atoms with Gasteiger partial charge in [0.15, 0.2) is 0 Å². The van der Waals surface area contributed by atoms with Crippen LogP contribution < -0.4 is 0 Å². The fraction of sp³-hybridized carbons (Fsp3) is 0.750. The van der Waals surface area contributed by atoms with Crippen molar-refractivity contribution in [2.75, 3.05) is 0 Å². The Bertz CT molecular complexity index is 2920. The number of carbonyl (C=O) groups is 8. The average molecular weight is 1330 g/mol. The van der Waals surface area contributed by atoms with Crippen LogP contribution in [0.3, 0.4) is 0 Å². The summed E-state index contributed by atoms with van der Waals surface area (Å²) in [5, 5.41) is 82.3. The van der Waals surface area contributed by atoms with E-state index in [4.69, 9.17) is 22.1 Å². The topological polar surface area (TPSA) is 400 Å². The monoisotopic (exact) mass is 1330 g/mol. The highest BCUT2D eigenvalue weighted by Gasteiger charge is 2.61. The zero-order valence-corrected chi connectivity index (χ0v) is 57.2. The van der Waals surface area contributed by atoms with Crippen LogP contribution in [0.15, 0.2) is 44.7 Å². The maximum absolute atomic E-state index is 14.7. The number of carbonyl (C=O) groups excluding carboxylic acids is 8. The van der Waals surface area contributed by atoms with E-state index >= 15 is 0 Å². The Morgan fingerprint density at radius 2 is 0.926 bits per heavy atom. The number of aliphatic hydroxyl groups is 5. The summed E-state index contributed by atoms with van der Waals surface area (Å²) in [7, 11) is 0. The van der Waals surface area contributed by atoms with Gasteiger partial charge in [0.05, 0.1) is 64.9 Å². The van der Waals surface area contributed by atoms with Crippen LogP contribution in [-0.4, -0.2) is 132 Å². The number of hydrogen-bond acceptors (Lipinski definition) is 22. The number of aliphatic hydroxyl groups excluding tert-OH is 4. The molecule has 0 aliphatic heterocycles. The summed E-state index contributed by atoms with van der Waals surface area (Å²) in [6, 6.07) is 5.78. The summed E-state index contributed by atoms with van der Waals surface area (Å²) in [6.07, 6.45) is -9.44. The van der Waals surface area contributed by atoms with E-state index < -0.39 is 185 Å². The van der Waals surface area contributed by atoms with Crippen LogP contribution in [0, 0.1) is 136 Å². The molecule has 0 spiro atoms. The molecule has 1 aliphatic rings. The lowest BCUT2D eigenvalue weighted by molar-refractivity contribution is -0.153. The van der Waals surface area contributed by atoms with Crippen molar-refractivity contribution in [3.05, 3.63) is 52.3 Å². The Labute approximate surface area is 550 Å². The number of rotatable bonds is 25. The minimum atomic E-state index is -4.87. The first-order chi connectivity index (χ1) is 43.8. The molecule has 94 heavy (non-hydrogen) atoms. The molecule has 1 fully saturated rings. The third kappa shape index (κ3) is 17.3. The summed E-state index contributed by atoms with van der Waals surface area (Å²) < 4.78 is 44.1. The number of benzene rings is 1. The molecule has 0 radical (unpaired) electrons. The van der Waals surface area contributed by atoms with Gasteiger partial charge in [-0.3, -0.25) is 4.68 Å². The van der Waals surface area contributed by atoms with Gasteiger partial charge < -0.3 is 63.9 Å². The Hall–Kier alpha value is -6.22. The predicted molar refractivity (Wildman–Crippen MR) is 340 cm³/mol. The first kappa shape index (κ1) is 82.0. The molecule has 1 heterocycles. The molecule has 1 aromatic heterocycles. The molecule has 1 saturated carbocycles. The zero-order chi connectivity index (χ0) is 72.0. The van der Waals surface area contributed by atoms with E-state index in [1.54, 1.807) is 55.4 Å². The summed E-state index contributed by atoms with van der Waals surface area (Å²) >= 11 is 0. The molecular formula is C68H105F3N10O13. The number of nitrogens with zero attached hydrogens (tertiary/aromatic N) is 6. The van der Waals surface area contributed by atoms with E-state index in [0.717, 1.165) is 0 Å². The van der Waals surface area contributed by atoms with Gasteiger partial charge in [-0.1, -0.05) is 93.5 Å². The summed E-state index contributed by atoms with van der Waals surface area (Å²) in [6.45, 7) is 22.3. The second-order valence-corrected chi connectivity index (χ2v) is 29.4. The van der Waals surface area contributed by atoms with Gasteiger partial charge in [-0.15, -0.1) is 0 Å². The fourth-order valence-electron chi connectivity index (χ4n) is 15.9. The lowest BCUT2D eigenvalue weighted by atomic mass is 9.54. The molecule has 23 nitrogen and oxygen atoms in total. The Balaban J connectivity index is 2.74. The van der Waals surface area contributed by atoms with Crippen molar-refractivity contribution in [1.82, 2.24) is 9.78 Å². The second-order valence-electron chi connectivity index (χ2n) is 29.4. The van der Waals surface area contributed by atoms with Crippen LogP contribution in [0.5, 0.6) is 0 Å². The minimum Gasteiger partial charge on any atom is -0.392 e. The Morgan fingerprint density at radius 3 is 1.27 bits per heavy atom. The third-order valence-electron chi connectivity index (χ3n) is 21.6. The zero-order valence-electron chi connectivity index (χ0n) is 57.2. The van der Waals surface area contributed by atoms with Gasteiger partial charge in [0.1, 0.15) is 56.0 Å². The molecule has 9 N–H and O–H groups in total. The van der Waals surface area contributed by atoms with Gasteiger partial charge in [0, 0.05) is 59.3 Å². The number of hydrogen-bond donors (Lipinski definition) is 9. The van der Waals surface area contributed by atoms with E-state index in [0.29, 0.717) is 55.0 Å². The molecule has 26 heteroatoms. The van der Waals surface area contributed by atoms with Gasteiger partial charge in [0.2, 0.25) is 0 Å². The third-order valence-corrected chi connectivity index (χ3v) is 21.6. The summed E-state index contributed by atoms with van der Waals surface area (Å²) in [5.41, 5.74) is 23.7. The van der Waals surface area contributed by atoms with Crippen molar-refractivity contribution >= 4 is 50.3 Å². The second kappa shape index (κ2) is 34.1. The van der Waals surface area contributed by atoms with E-state index in [2.05, 4.69) is 25.6 Å². The van der Waals surface area contributed by atoms with E-state index in [-0.39, 0.29) is 59.9 Å². The molecule has 526 valence electrons. The Kier molecular flexibility index (Phi) is 29.8. The highest BCUT2D eigenvalue weighted by atomic mass is 19.4. The normalized spacial score (nSPS) is 36.4. The van der Waals surface area contributed by atoms with Crippen molar-refractivity contribution in [2.45, 2.75) is 214 Å². The molecule has 0 bridgehead atoms. The van der Waals surface area contributed by atoms with E-state index in [1.165, 1.54) is 72.7 Å². The summed E-state index contributed by atoms with van der Waals surface area (Å²) in [5.74, 6) is -22.7. The van der Waals surface area contributed by atoms with Gasteiger partial charge in [0.25, 0.3) is 0 Å². The minimum absolute atomic E-state index is 0.0101. The highest BCUT2D eigenvalue weighted by molar-refractivity contribution is 5.65. The Morgan fingerprint density at radius 1 is 0.564 bits per heavy atom. The predicted octanol–water partition coefficient (Wildman–Crippen LogP) is 10.5. The molecule has 0 amide bonds. The van der Waals surface area contributed by atoms with Crippen molar-refractivity contribution in [3.63, 3.8) is 0 Å². The van der Waals surface area contributed by atoms with Crippen molar-refractivity contribution in [1.29, 1.82) is 22.1 Å². The quantitative estimate of drug-likeness (QED) is 0.0330. The average Bonchev–Trinajstić information content (AvgIpc) is 0.954. The van der Waals surface area contributed by atoms with Gasteiger partial charge in [-0.05, 0) is 143 Å². The lowest BCUT2D eigenvalue weighted by Gasteiger charge is -2.52. The number of halogens is 3. The van der Waals surface area contributed by atoms with Crippen LogP contribution in [0.25, 0.3) is 0 Å². The maximum Gasteiger partial charge on any atom is 0.433 e. The van der Waals surface area contributed by atoms with Crippen molar-refractivity contribution in [3.8, 4) is 0 Å². The molecular weight excluding hydrogens is 1220 g/mol. The maximum atomic E-state index is 14.7. The van der Waals surface area contributed by atoms with Crippen molar-refractivity contribution < 1.29 is 77.1 Å². The highest BCUT2D eigenvalue weighted by Crippen LogP contribution is 2.54. The smallest absolute Gasteiger partial charge is 0.392 e. The first-order valence-electron chi connectivity index (χ1n) is 32.6. The van der Waals surface area contributed by atoms with Gasteiger partial charge in [-0.25, -0.2) is 22.1 Å². The number of nitrogens with one attached hydrogen (secondary N) is 4. The number of aldehydes is 8. The van der Waals surface area contributed by atoms with Crippen LogP contribution in [0.4, 0.5) is 13.2 Å². The standard InChI is InChI=1S/C68H105F3N10O13/c1-37(2)20-51-48(30-84)60(92)25-47(29-83)64(13,78-73)54(23-40(7)8)57(35-89)67(94,26-44-16-18-45(19-17-44)27-81-62(68(69,70)71)42(10)58(36-90)76-81)43(11)56(34-88)66(15,80-75)52(21-38(3)4)49(31-85)59(91)24-46(28-82)63(12,77-72)53(22-39(5)6)50(32-86)61(93)41(9)55(33-87)65(51,14)79-74/h16-19,28-35,37-41,43,46-57,59-61,72-75,90-94H,20-27,36H2,1-15H3. The lowest BCUT2D eigenvalue weighted by Crippen LogP contribution is -2.61. The van der Waals surface area contributed by atoms with Crippen LogP contribution >= 0.6 is 0 Å². The van der Waals surface area contributed by atoms with Crippen LogP contribution in [0.1, 0.15) is 164 Å². The van der Waals surface area contributed by atoms with Crippen molar-refractivity contribution in [2.24, 2.45) is 127 Å². The summed E-state index contributed by atoms with van der Waals surface area (Å²) in [4.78, 5) is 112. The SMILES string of the molecule is Cc1c(CO)nn(Cc2ccc(CC3(O)C(C)C(C=O)C(C)(N=N)C(CC(C)C)C(C=O)C(O)CC(C=O)C(C)(N=N)C(CC(C)C)C(C=O)C(O)C(C)C(C=O)C(C)(N=N)C(CC(C)C)C(C=O)C(O)CC(C=O)C(C)(N=N)C(CC(C)C)C3C=O)cc2)c1C(F)(F)F. The van der Waals surface area contributed by atoms with Gasteiger partial charge >= 0.3 is 6.18 Å². The molecule has 2 aromatic rings. The molecule has 1 aromatic carbocycles. The van der Waals surface area contributed by atoms with E-state index in [1.807, 2.05) is 0 Å². The molecule has 1 aliphatic carbocycles. The molecule has 0 saturated heterocycles. The molecule has 22 unspecified atom stereocenters. The molecule has 22 atom stereocenters. The first-order valence-corrected chi connectivity index (χ1v) is 32.6. The number of aromatic nitrogens is 2. The number of alkyl halides is 3.